The Balaban J connectivity index is 3.81. The summed E-state index contributed by atoms with van der Waals surface area (Å²) in [4.78, 5) is 51.0. The van der Waals surface area contributed by atoms with Crippen LogP contribution in [0.15, 0.2) is 0 Å². The summed E-state index contributed by atoms with van der Waals surface area (Å²) in [5.41, 5.74) is 10.3. The van der Waals surface area contributed by atoms with Crippen LogP contribution in [0.1, 0.15) is 25.7 Å². The van der Waals surface area contributed by atoms with Gasteiger partial charge in [-0.25, -0.2) is 19.4 Å². The van der Waals surface area contributed by atoms with Gasteiger partial charge in [0.25, 0.3) is 0 Å². The molecule has 0 aromatic rings. The van der Waals surface area contributed by atoms with Crippen LogP contribution >= 0.6 is 0 Å². The second-order valence-corrected chi connectivity index (χ2v) is 3.88. The largest absolute Gasteiger partial charge is 0.480 e. The minimum atomic E-state index is -1.27. The molecular weight excluding hydrogens is 276 g/mol. The monoisotopic (exact) mass is 292 g/mol. The zero-order valence-electron chi connectivity index (χ0n) is 10.5. The van der Waals surface area contributed by atoms with Crippen LogP contribution in [0.2, 0.25) is 0 Å². The smallest absolute Gasteiger partial charge is 0.355 e. The summed E-state index contributed by atoms with van der Waals surface area (Å²) in [6, 6.07) is -2.43. The lowest BCUT2D eigenvalue weighted by atomic mass is 10.2. The minimum Gasteiger partial charge on any atom is -0.480 e. The van der Waals surface area contributed by atoms with Crippen LogP contribution in [0.4, 0.5) is 0 Å². The number of rotatable bonds is 8. The van der Waals surface area contributed by atoms with E-state index in [-0.39, 0.29) is 25.7 Å². The highest BCUT2D eigenvalue weighted by atomic mass is 17.2. The van der Waals surface area contributed by atoms with Crippen molar-refractivity contribution in [3.63, 3.8) is 0 Å². The Morgan fingerprint density at radius 1 is 0.800 bits per heavy atom. The normalized spacial score (nSPS) is 13.1. The fourth-order valence-corrected chi connectivity index (χ4v) is 0.970. The van der Waals surface area contributed by atoms with E-state index in [4.69, 9.17) is 21.7 Å². The molecule has 6 N–H and O–H groups in total. The number of carboxylic acid groups (broad SMARTS) is 2. The molecule has 114 valence electrons. The maximum Gasteiger partial charge on any atom is 0.355 e. The molecule has 0 fully saturated rings. The SMILES string of the molecule is N[C@@H](CCC(=O)OOC(=O)CC[C@H](N)C(=O)O)C(=O)O. The quantitative estimate of drug-likeness (QED) is 0.299. The Kier molecular flexibility index (Phi) is 7.85. The molecule has 0 spiro atoms. The van der Waals surface area contributed by atoms with Gasteiger partial charge >= 0.3 is 23.9 Å². The van der Waals surface area contributed by atoms with Gasteiger partial charge in [-0.1, -0.05) is 0 Å². The third-order valence-corrected chi connectivity index (χ3v) is 2.18. The zero-order chi connectivity index (χ0) is 15.7. The standard InChI is InChI=1S/C10H16N2O8/c11-5(9(15)16)1-3-7(13)19-20-8(14)4-2-6(12)10(17)18/h5-6H,1-4,11-12H2,(H,15,16)(H,17,18)/t5-,6-/m0/s1. The molecule has 20 heavy (non-hydrogen) atoms. The van der Waals surface area contributed by atoms with Gasteiger partial charge in [0.2, 0.25) is 0 Å². The summed E-state index contributed by atoms with van der Waals surface area (Å²) in [7, 11) is 0. The zero-order valence-corrected chi connectivity index (χ0v) is 10.5. The van der Waals surface area contributed by atoms with Crippen LogP contribution in [0, 0.1) is 0 Å². The van der Waals surface area contributed by atoms with Crippen LogP contribution < -0.4 is 11.5 Å². The van der Waals surface area contributed by atoms with Crippen molar-refractivity contribution in [2.45, 2.75) is 37.8 Å². The lowest BCUT2D eigenvalue weighted by molar-refractivity contribution is -0.259. The maximum atomic E-state index is 11.1. The van der Waals surface area contributed by atoms with Crippen LogP contribution in [0.25, 0.3) is 0 Å². The molecule has 0 aliphatic carbocycles. The van der Waals surface area contributed by atoms with Gasteiger partial charge in [0.05, 0.1) is 12.8 Å². The number of nitrogens with two attached hydrogens (primary N) is 2. The van der Waals surface area contributed by atoms with Gasteiger partial charge in [-0.2, -0.15) is 0 Å². The number of hydrogen-bond acceptors (Lipinski definition) is 8. The highest BCUT2D eigenvalue weighted by molar-refractivity contribution is 5.77. The van der Waals surface area contributed by atoms with Crippen LogP contribution in [-0.4, -0.2) is 46.2 Å². The molecule has 0 saturated carbocycles. The van der Waals surface area contributed by atoms with Crippen molar-refractivity contribution in [3.05, 3.63) is 0 Å². The van der Waals surface area contributed by atoms with E-state index in [1.807, 2.05) is 0 Å². The third kappa shape index (κ3) is 8.00. The second kappa shape index (κ2) is 8.82. The fraction of sp³-hybridized carbons (Fsp3) is 0.600. The molecule has 0 rings (SSSR count). The van der Waals surface area contributed by atoms with Crippen molar-refractivity contribution >= 4 is 23.9 Å². The molecular formula is C10H16N2O8. The lowest BCUT2D eigenvalue weighted by Crippen LogP contribution is -2.31. The van der Waals surface area contributed by atoms with E-state index in [2.05, 4.69) is 9.78 Å². The van der Waals surface area contributed by atoms with Gasteiger partial charge < -0.3 is 21.7 Å². The Morgan fingerprint density at radius 3 is 1.35 bits per heavy atom. The Morgan fingerprint density at radius 2 is 1.10 bits per heavy atom. The summed E-state index contributed by atoms with van der Waals surface area (Å²) in [5.74, 6) is -4.45. The number of carboxylic acids is 2. The topological polar surface area (TPSA) is 179 Å². The maximum absolute atomic E-state index is 11.1. The molecule has 10 nitrogen and oxygen atoms in total. The fourth-order valence-electron chi connectivity index (χ4n) is 0.970. The molecule has 0 aromatic carbocycles. The van der Waals surface area contributed by atoms with Crippen LogP contribution in [-0.2, 0) is 29.0 Å². The summed E-state index contributed by atoms with van der Waals surface area (Å²) >= 11 is 0. The van der Waals surface area contributed by atoms with Crippen molar-refractivity contribution in [1.82, 2.24) is 0 Å². The van der Waals surface area contributed by atoms with Gasteiger partial charge in [0.1, 0.15) is 12.1 Å². The first-order chi connectivity index (χ1) is 9.23. The summed E-state index contributed by atoms with van der Waals surface area (Å²) in [6.07, 6.45) is -1.02. The van der Waals surface area contributed by atoms with E-state index in [9.17, 15) is 19.2 Å². The molecule has 0 heterocycles. The Hall–Kier alpha value is -2.20. The van der Waals surface area contributed by atoms with Gasteiger partial charge in [-0.15, -0.1) is 0 Å². The van der Waals surface area contributed by atoms with E-state index in [0.29, 0.717) is 0 Å². The molecule has 0 aliphatic rings. The molecule has 0 amide bonds. The highest BCUT2D eigenvalue weighted by Gasteiger charge is 2.18. The second-order valence-electron chi connectivity index (χ2n) is 3.88. The first-order valence-corrected chi connectivity index (χ1v) is 5.61. The highest BCUT2D eigenvalue weighted by Crippen LogP contribution is 2.01. The number of carbonyl (C=O) groups is 4. The first kappa shape index (κ1) is 17.8. The van der Waals surface area contributed by atoms with Gasteiger partial charge in [-0.05, 0) is 12.8 Å². The Bertz CT molecular complexity index is 347. The average molecular weight is 292 g/mol. The molecule has 0 unspecified atom stereocenters. The van der Waals surface area contributed by atoms with Crippen LogP contribution in [0.5, 0.6) is 0 Å². The first-order valence-electron chi connectivity index (χ1n) is 5.61. The molecule has 0 bridgehead atoms. The molecule has 0 saturated heterocycles. The molecule has 0 aromatic heterocycles. The lowest BCUT2D eigenvalue weighted by Gasteiger charge is -2.06. The van der Waals surface area contributed by atoms with E-state index < -0.39 is 36.0 Å². The molecule has 10 heteroatoms. The van der Waals surface area contributed by atoms with Crippen molar-refractivity contribution < 1.29 is 39.2 Å². The van der Waals surface area contributed by atoms with Gasteiger partial charge in [0.15, 0.2) is 0 Å². The summed E-state index contributed by atoms with van der Waals surface area (Å²) in [5, 5.41) is 16.9. The molecule has 0 aliphatic heterocycles. The predicted molar refractivity (Wildman–Crippen MR) is 61.9 cm³/mol. The number of hydrogen-bond donors (Lipinski definition) is 4. The van der Waals surface area contributed by atoms with Crippen molar-refractivity contribution in [2.24, 2.45) is 11.5 Å². The van der Waals surface area contributed by atoms with E-state index >= 15 is 0 Å². The summed E-state index contributed by atoms with van der Waals surface area (Å²) in [6.45, 7) is 0. The average Bonchev–Trinajstić information content (AvgIpc) is 2.39. The van der Waals surface area contributed by atoms with Crippen molar-refractivity contribution in [1.29, 1.82) is 0 Å². The number of aliphatic carboxylic acids is 2. The molecule has 2 atom stereocenters. The van der Waals surface area contributed by atoms with Gasteiger partial charge in [0, 0.05) is 0 Å². The van der Waals surface area contributed by atoms with Crippen LogP contribution in [0.3, 0.4) is 0 Å². The van der Waals surface area contributed by atoms with Crippen molar-refractivity contribution in [3.8, 4) is 0 Å². The van der Waals surface area contributed by atoms with E-state index in [0.717, 1.165) is 0 Å². The van der Waals surface area contributed by atoms with E-state index in [1.54, 1.807) is 0 Å². The van der Waals surface area contributed by atoms with Gasteiger partial charge in [-0.3, -0.25) is 9.59 Å². The summed E-state index contributed by atoms with van der Waals surface area (Å²) < 4.78 is 0. The van der Waals surface area contributed by atoms with Crippen molar-refractivity contribution in [2.75, 3.05) is 0 Å². The predicted octanol–water partition coefficient (Wildman–Crippen LogP) is -1.63. The third-order valence-electron chi connectivity index (χ3n) is 2.18. The van der Waals surface area contributed by atoms with E-state index in [1.165, 1.54) is 0 Å². The Labute approximate surface area is 113 Å². The molecule has 0 radical (unpaired) electrons. The number of carbonyl (C=O) groups excluding carboxylic acids is 2. The minimum absolute atomic E-state index is 0.171.